The maximum absolute atomic E-state index is 13.5. The molecule has 1 saturated heterocycles. The van der Waals surface area contributed by atoms with Crippen LogP contribution in [0.3, 0.4) is 0 Å². The molecule has 5 rings (SSSR count). The van der Waals surface area contributed by atoms with Gasteiger partial charge >= 0.3 is 6.18 Å². The number of alkyl halides is 3. The third-order valence-corrected chi connectivity index (χ3v) is 6.90. The zero-order valence-electron chi connectivity index (χ0n) is 19.1. The first-order valence-electron chi connectivity index (χ1n) is 11.6. The van der Waals surface area contributed by atoms with E-state index in [4.69, 9.17) is 0 Å². The number of hydrogen-bond acceptors (Lipinski definition) is 4. The molecule has 1 saturated carbocycles. The van der Waals surface area contributed by atoms with Crippen LogP contribution in [0.25, 0.3) is 0 Å². The highest BCUT2D eigenvalue weighted by Gasteiger charge is 2.39. The van der Waals surface area contributed by atoms with Crippen molar-refractivity contribution in [2.75, 3.05) is 33.2 Å². The fourth-order valence-electron chi connectivity index (χ4n) is 4.85. The first-order valence-corrected chi connectivity index (χ1v) is 11.6. The van der Waals surface area contributed by atoms with Gasteiger partial charge in [-0.05, 0) is 75.7 Å². The molecule has 186 valence electrons. The molecule has 1 aliphatic carbocycles. The molecule has 0 radical (unpaired) electrons. The van der Waals surface area contributed by atoms with Gasteiger partial charge in [0, 0.05) is 31.3 Å². The van der Waals surface area contributed by atoms with Crippen LogP contribution in [0.4, 0.5) is 22.0 Å². The van der Waals surface area contributed by atoms with Gasteiger partial charge in [-0.25, -0.2) is 8.78 Å². The molecule has 2 aromatic rings. The molecular formula is C24H29F5N4O. The summed E-state index contributed by atoms with van der Waals surface area (Å²) in [5, 5.41) is 7.00. The molecule has 0 unspecified atom stereocenters. The summed E-state index contributed by atoms with van der Waals surface area (Å²) in [6, 6.07) is 1.11. The van der Waals surface area contributed by atoms with Gasteiger partial charge in [0.15, 0.2) is 6.29 Å². The minimum absolute atomic E-state index is 0.252. The summed E-state index contributed by atoms with van der Waals surface area (Å²) >= 11 is 0. The summed E-state index contributed by atoms with van der Waals surface area (Å²) in [5.74, 6) is -2.00. The third kappa shape index (κ3) is 5.83. The highest BCUT2D eigenvalue weighted by atomic mass is 19.4. The predicted molar refractivity (Wildman–Crippen MR) is 117 cm³/mol. The van der Waals surface area contributed by atoms with Crippen molar-refractivity contribution in [1.29, 1.82) is 0 Å². The summed E-state index contributed by atoms with van der Waals surface area (Å²) in [4.78, 5) is 15.2. The van der Waals surface area contributed by atoms with E-state index >= 15 is 0 Å². The smallest absolute Gasteiger partial charge is 0.306 e. The molecule has 0 spiro atoms. The van der Waals surface area contributed by atoms with Gasteiger partial charge in [-0.15, -0.1) is 0 Å². The van der Waals surface area contributed by atoms with E-state index in [1.807, 2.05) is 11.9 Å². The molecule has 1 aromatic carbocycles. The fourth-order valence-corrected chi connectivity index (χ4v) is 4.85. The van der Waals surface area contributed by atoms with Crippen LogP contribution in [0.15, 0.2) is 12.1 Å². The fraction of sp³-hybridized carbons (Fsp3) is 0.583. The Kier molecular flexibility index (Phi) is 7.37. The number of nitrogens with zero attached hydrogens (tertiary/aromatic N) is 3. The Morgan fingerprint density at radius 2 is 1.82 bits per heavy atom. The van der Waals surface area contributed by atoms with Crippen LogP contribution in [0, 0.1) is 17.6 Å². The van der Waals surface area contributed by atoms with Crippen LogP contribution in [0.2, 0.25) is 0 Å². The summed E-state index contributed by atoms with van der Waals surface area (Å²) in [5.41, 5.74) is 1.32. The number of aromatic amines is 1. The van der Waals surface area contributed by atoms with Crippen molar-refractivity contribution in [3.8, 4) is 0 Å². The van der Waals surface area contributed by atoms with Crippen LogP contribution < -0.4 is 0 Å². The minimum atomic E-state index is -4.80. The number of likely N-dealkylation sites (tertiary alicyclic amines) is 1. The van der Waals surface area contributed by atoms with Crippen LogP contribution >= 0.6 is 0 Å². The lowest BCUT2D eigenvalue weighted by Crippen LogP contribution is -2.32. The molecule has 0 bridgehead atoms. The molecule has 3 heterocycles. The highest BCUT2D eigenvalue weighted by Crippen LogP contribution is 2.40. The molecule has 0 atom stereocenters. The summed E-state index contributed by atoms with van der Waals surface area (Å²) in [6.07, 6.45) is 0.762. The standard InChI is InChI=1S/C13H14F5N.C11H15N3O/c1-19-4-2-8(3-5-19)10-6-9(14)7-11(15)12(10)13(16,17)18;15-7-11-9-3-4-14(5-8-1-2-8)6-10(9)12-13-11/h6-8H,2-5H2,1H3;7-8H,1-6H2,(H,12,13). The molecule has 34 heavy (non-hydrogen) atoms. The Hall–Kier alpha value is -2.33. The Labute approximate surface area is 195 Å². The predicted octanol–water partition coefficient (Wildman–Crippen LogP) is 4.78. The van der Waals surface area contributed by atoms with Crippen LogP contribution in [0.1, 0.15) is 64.5 Å². The van der Waals surface area contributed by atoms with Crippen molar-refractivity contribution >= 4 is 6.29 Å². The average Bonchev–Trinajstić information content (AvgIpc) is 3.49. The number of nitrogens with one attached hydrogen (secondary N) is 1. The lowest BCUT2D eigenvalue weighted by molar-refractivity contribution is -0.141. The number of aromatic nitrogens is 2. The normalized spacial score (nSPS) is 19.9. The second-order valence-electron chi connectivity index (χ2n) is 9.54. The van der Waals surface area contributed by atoms with Gasteiger partial charge < -0.3 is 4.90 Å². The number of piperidine rings is 1. The lowest BCUT2D eigenvalue weighted by atomic mass is 9.86. The minimum Gasteiger partial charge on any atom is -0.306 e. The maximum atomic E-state index is 13.5. The van der Waals surface area contributed by atoms with Crippen molar-refractivity contribution < 1.29 is 26.7 Å². The molecule has 5 nitrogen and oxygen atoms in total. The number of fused-ring (bicyclic) bond motifs is 1. The number of halogens is 5. The van der Waals surface area contributed by atoms with Crippen LogP contribution in [-0.4, -0.2) is 59.5 Å². The second kappa shape index (κ2) is 10.1. The van der Waals surface area contributed by atoms with E-state index in [9.17, 15) is 26.7 Å². The first-order chi connectivity index (χ1) is 16.2. The number of rotatable bonds is 4. The van der Waals surface area contributed by atoms with Gasteiger partial charge in [-0.2, -0.15) is 18.3 Å². The molecule has 10 heteroatoms. The Balaban J connectivity index is 0.000000165. The lowest BCUT2D eigenvalue weighted by Gasteiger charge is -2.30. The SMILES string of the molecule is CN1CCC(c2cc(F)cc(F)c2C(F)(F)F)CC1.O=Cc1n[nH]c2c1CCN(CC1CC1)C2. The van der Waals surface area contributed by atoms with Crippen molar-refractivity contribution in [3.05, 3.63) is 51.8 Å². The number of carbonyl (C=O) groups excluding carboxylic acids is 1. The third-order valence-electron chi connectivity index (χ3n) is 6.90. The van der Waals surface area contributed by atoms with E-state index in [0.29, 0.717) is 37.7 Å². The van der Waals surface area contributed by atoms with E-state index < -0.39 is 29.3 Å². The van der Waals surface area contributed by atoms with Gasteiger partial charge in [0.05, 0.1) is 11.3 Å². The topological polar surface area (TPSA) is 52.2 Å². The Morgan fingerprint density at radius 1 is 1.12 bits per heavy atom. The largest absolute Gasteiger partial charge is 0.419 e. The van der Waals surface area contributed by atoms with E-state index in [1.54, 1.807) is 0 Å². The summed E-state index contributed by atoms with van der Waals surface area (Å²) in [6.45, 7) is 4.48. The number of benzene rings is 1. The number of carbonyl (C=O) groups is 1. The molecular weight excluding hydrogens is 455 g/mol. The number of H-pyrrole nitrogens is 1. The first kappa shape index (κ1) is 24.8. The van der Waals surface area contributed by atoms with Crippen LogP contribution in [0.5, 0.6) is 0 Å². The summed E-state index contributed by atoms with van der Waals surface area (Å²) < 4.78 is 65.4. The zero-order chi connectivity index (χ0) is 24.5. The van der Waals surface area contributed by atoms with E-state index in [-0.39, 0.29) is 5.56 Å². The monoisotopic (exact) mass is 484 g/mol. The average molecular weight is 485 g/mol. The Bertz CT molecular complexity index is 1010. The van der Waals surface area contributed by atoms with Crippen molar-refractivity contribution in [1.82, 2.24) is 20.0 Å². The van der Waals surface area contributed by atoms with E-state index in [2.05, 4.69) is 15.1 Å². The molecule has 2 aliphatic heterocycles. The molecule has 0 amide bonds. The molecule has 1 N–H and O–H groups in total. The number of hydrogen-bond donors (Lipinski definition) is 1. The van der Waals surface area contributed by atoms with Crippen LogP contribution in [-0.2, 0) is 19.1 Å². The van der Waals surface area contributed by atoms with Gasteiger partial charge in [-0.1, -0.05) is 0 Å². The molecule has 2 fully saturated rings. The maximum Gasteiger partial charge on any atom is 0.419 e. The quantitative estimate of drug-likeness (QED) is 0.501. The van der Waals surface area contributed by atoms with Crippen molar-refractivity contribution in [3.63, 3.8) is 0 Å². The molecule has 3 aliphatic rings. The Morgan fingerprint density at radius 3 is 2.44 bits per heavy atom. The van der Waals surface area contributed by atoms with E-state index in [0.717, 1.165) is 49.0 Å². The van der Waals surface area contributed by atoms with Crippen molar-refractivity contribution in [2.45, 2.75) is 50.7 Å². The van der Waals surface area contributed by atoms with Crippen molar-refractivity contribution in [2.24, 2.45) is 5.92 Å². The summed E-state index contributed by atoms with van der Waals surface area (Å²) in [7, 11) is 1.87. The van der Waals surface area contributed by atoms with Gasteiger partial charge in [0.1, 0.15) is 17.3 Å². The van der Waals surface area contributed by atoms with Gasteiger partial charge in [0.25, 0.3) is 0 Å². The second-order valence-corrected chi connectivity index (χ2v) is 9.54. The highest BCUT2D eigenvalue weighted by molar-refractivity contribution is 5.74. The van der Waals surface area contributed by atoms with Gasteiger partial charge in [0.2, 0.25) is 0 Å². The van der Waals surface area contributed by atoms with E-state index in [1.165, 1.54) is 19.4 Å². The van der Waals surface area contributed by atoms with Gasteiger partial charge in [-0.3, -0.25) is 14.8 Å². The molecule has 1 aromatic heterocycles. The zero-order valence-corrected chi connectivity index (χ0v) is 19.1. The number of aldehydes is 1.